The highest BCUT2D eigenvalue weighted by Gasteiger charge is 2.57. The fraction of sp³-hybridized carbons (Fsp3) is 0.600. The fourth-order valence-corrected chi connectivity index (χ4v) is 9.00. The van der Waals surface area contributed by atoms with Gasteiger partial charge in [-0.25, -0.2) is 8.42 Å². The molecule has 6 rings (SSSR count). The smallest absolute Gasteiger partial charge is 0.286 e. The van der Waals surface area contributed by atoms with Crippen LogP contribution in [0.25, 0.3) is 0 Å². The molecule has 5 aliphatic rings. The third kappa shape index (κ3) is 4.12. The van der Waals surface area contributed by atoms with E-state index in [0.29, 0.717) is 31.2 Å². The van der Waals surface area contributed by atoms with Crippen molar-refractivity contribution in [3.05, 3.63) is 29.5 Å². The molecule has 37 heavy (non-hydrogen) atoms. The van der Waals surface area contributed by atoms with E-state index in [-0.39, 0.29) is 51.3 Å². The lowest BCUT2D eigenvalue weighted by Crippen LogP contribution is -2.54. The minimum absolute atomic E-state index is 0.0658. The summed E-state index contributed by atoms with van der Waals surface area (Å²) in [5.74, 6) is 0.126. The third-order valence-corrected chi connectivity index (χ3v) is 11.6. The number of carbonyl (C=O) groups excluding carboxylic acids is 1. The molecule has 12 heteroatoms. The van der Waals surface area contributed by atoms with E-state index in [0.717, 1.165) is 25.7 Å². The Morgan fingerprint density at radius 2 is 1.92 bits per heavy atom. The van der Waals surface area contributed by atoms with Gasteiger partial charge in [-0.15, -0.1) is 4.40 Å². The van der Waals surface area contributed by atoms with Crippen molar-refractivity contribution in [1.82, 2.24) is 4.90 Å². The maximum atomic E-state index is 13.8. The molecule has 4 atom stereocenters. The van der Waals surface area contributed by atoms with Crippen LogP contribution < -0.4 is 10.0 Å². The van der Waals surface area contributed by atoms with E-state index in [1.165, 1.54) is 18.2 Å². The van der Waals surface area contributed by atoms with Crippen LogP contribution in [0.4, 0.5) is 11.4 Å². The third-order valence-electron chi connectivity index (χ3n) is 8.41. The van der Waals surface area contributed by atoms with E-state index in [9.17, 15) is 26.7 Å². The Morgan fingerprint density at radius 3 is 2.62 bits per heavy atom. The number of aliphatic hydroxyl groups excluding tert-OH is 1. The van der Waals surface area contributed by atoms with Crippen LogP contribution in [-0.2, 0) is 24.8 Å². The number of hydrogen-bond donors (Lipinski definition) is 3. The number of nitrogens with zero attached hydrogens (tertiary/aromatic N) is 2. The summed E-state index contributed by atoms with van der Waals surface area (Å²) in [4.78, 5) is 15.4. The maximum Gasteiger partial charge on any atom is 0.286 e. The molecule has 1 aromatic rings. The average molecular weight is 549 g/mol. The Kier molecular flexibility index (Phi) is 5.65. The summed E-state index contributed by atoms with van der Waals surface area (Å²) in [5.41, 5.74) is 0.233. The van der Waals surface area contributed by atoms with Crippen LogP contribution in [0.15, 0.2) is 38.8 Å². The highest BCUT2D eigenvalue weighted by molar-refractivity contribution is 7.93. The molecule has 0 unspecified atom stereocenters. The van der Waals surface area contributed by atoms with E-state index in [4.69, 9.17) is 0 Å². The van der Waals surface area contributed by atoms with Gasteiger partial charge in [0.25, 0.3) is 15.9 Å². The number of aliphatic hydroxyl groups is 1. The molecule has 0 saturated heterocycles. The van der Waals surface area contributed by atoms with Gasteiger partial charge >= 0.3 is 0 Å². The Morgan fingerprint density at radius 1 is 1.19 bits per heavy atom. The molecule has 1 aromatic carbocycles. The maximum absolute atomic E-state index is 13.8. The number of fused-ring (bicyclic) bond motifs is 6. The van der Waals surface area contributed by atoms with Crippen molar-refractivity contribution in [2.75, 3.05) is 16.6 Å². The number of rotatable bonds is 7. The quantitative estimate of drug-likeness (QED) is 0.474. The predicted molar refractivity (Wildman–Crippen MR) is 139 cm³/mol. The first-order chi connectivity index (χ1) is 17.5. The number of amidine groups is 1. The largest absolute Gasteiger partial charge is 0.511 e. The van der Waals surface area contributed by atoms with Crippen LogP contribution in [0, 0.1) is 23.7 Å². The van der Waals surface area contributed by atoms with Crippen molar-refractivity contribution >= 4 is 43.2 Å². The molecule has 2 bridgehead atoms. The summed E-state index contributed by atoms with van der Waals surface area (Å²) in [7, 11) is -7.84. The van der Waals surface area contributed by atoms with Crippen molar-refractivity contribution in [2.45, 2.75) is 68.6 Å². The number of anilines is 2. The fourth-order valence-electron chi connectivity index (χ4n) is 6.48. The van der Waals surface area contributed by atoms with E-state index < -0.39 is 31.2 Å². The Bertz CT molecular complexity index is 1450. The van der Waals surface area contributed by atoms with Gasteiger partial charge in [0, 0.05) is 24.2 Å². The lowest BCUT2D eigenvalue weighted by molar-refractivity contribution is -0.133. The molecule has 2 aliphatic heterocycles. The number of carbonyl (C=O) groups is 1. The molecule has 0 aromatic heterocycles. The zero-order chi connectivity index (χ0) is 26.3. The van der Waals surface area contributed by atoms with Crippen molar-refractivity contribution < 1.29 is 26.7 Å². The van der Waals surface area contributed by atoms with Gasteiger partial charge < -0.3 is 15.3 Å². The second kappa shape index (κ2) is 8.45. The van der Waals surface area contributed by atoms with Crippen LogP contribution in [0.2, 0.25) is 0 Å². The lowest BCUT2D eigenvalue weighted by Gasteiger charge is -2.44. The first-order valence-electron chi connectivity index (χ1n) is 13.0. The highest BCUT2D eigenvalue weighted by atomic mass is 32.2. The van der Waals surface area contributed by atoms with Crippen molar-refractivity contribution in [3.8, 4) is 0 Å². The number of amides is 1. The topological polar surface area (TPSA) is 145 Å². The summed E-state index contributed by atoms with van der Waals surface area (Å²) >= 11 is 0. The van der Waals surface area contributed by atoms with Crippen molar-refractivity contribution in [3.63, 3.8) is 0 Å². The van der Waals surface area contributed by atoms with E-state index in [1.54, 1.807) is 0 Å². The monoisotopic (exact) mass is 548 g/mol. The molecular formula is C25H32N4O6S2. The summed E-state index contributed by atoms with van der Waals surface area (Å²) in [6.07, 6.45) is 4.94. The molecule has 10 nitrogen and oxygen atoms in total. The summed E-state index contributed by atoms with van der Waals surface area (Å²) < 4.78 is 57.4. The lowest BCUT2D eigenvalue weighted by atomic mass is 9.77. The SMILES string of the molecule is CC(C)CCN1C(=O)C(C2=NS(=O)(=O)c3cc(NS(=O)(=O)C4CC4)ccc3N2)=C(O)[C@@H]2[C@H]3CC[C@H](C3)[C@@H]21. The predicted octanol–water partition coefficient (Wildman–Crippen LogP) is 3.22. The highest BCUT2D eigenvalue weighted by Crippen LogP contribution is 2.55. The van der Waals surface area contributed by atoms with E-state index in [1.807, 2.05) is 4.90 Å². The summed E-state index contributed by atoms with van der Waals surface area (Å²) in [6, 6.07) is 4.09. The van der Waals surface area contributed by atoms with Gasteiger partial charge in [0.05, 0.1) is 10.9 Å². The van der Waals surface area contributed by atoms with Gasteiger partial charge in [0.1, 0.15) is 16.2 Å². The molecule has 2 heterocycles. The number of hydrogen-bond acceptors (Lipinski definition) is 7. The molecule has 3 saturated carbocycles. The van der Waals surface area contributed by atoms with Crippen LogP contribution in [0.5, 0.6) is 0 Å². The average Bonchev–Trinajstić information content (AvgIpc) is 3.49. The minimum atomic E-state index is -4.27. The first-order valence-corrected chi connectivity index (χ1v) is 16.0. The van der Waals surface area contributed by atoms with Crippen LogP contribution in [-0.4, -0.2) is 56.4 Å². The van der Waals surface area contributed by atoms with Gasteiger partial charge in [-0.1, -0.05) is 13.8 Å². The number of nitrogens with one attached hydrogen (secondary N) is 2. The standard InChI is InChI=1S/C25H32N4O6S2/c1-13(2)9-10-29-22-15-4-3-14(11-15)20(22)23(30)21(25(29)31)24-26-18-8-5-16(12-19(18)37(34,35)28-24)27-36(32,33)17-6-7-17/h5,8,12-15,17,20,22,27,30H,3-4,6-7,9-11H2,1-2H3,(H,26,28)/t14-,15+,20+,22-/m0/s1. The zero-order valence-corrected chi connectivity index (χ0v) is 22.5. The second-order valence-electron chi connectivity index (χ2n) is 11.4. The van der Waals surface area contributed by atoms with E-state index in [2.05, 4.69) is 28.3 Å². The number of benzene rings is 1. The van der Waals surface area contributed by atoms with Crippen molar-refractivity contribution in [1.29, 1.82) is 0 Å². The normalized spacial score (nSPS) is 30.2. The zero-order valence-electron chi connectivity index (χ0n) is 20.8. The number of sulfonamides is 2. The van der Waals surface area contributed by atoms with Crippen LogP contribution in [0.1, 0.15) is 52.4 Å². The second-order valence-corrected chi connectivity index (χ2v) is 14.9. The molecule has 3 fully saturated rings. The van der Waals surface area contributed by atoms with Gasteiger partial charge in [-0.3, -0.25) is 9.52 Å². The van der Waals surface area contributed by atoms with Gasteiger partial charge in [0.2, 0.25) is 10.0 Å². The molecule has 3 N–H and O–H groups in total. The Balaban J connectivity index is 1.36. The molecule has 0 spiro atoms. The molecule has 0 radical (unpaired) electrons. The van der Waals surface area contributed by atoms with Crippen LogP contribution >= 0.6 is 0 Å². The minimum Gasteiger partial charge on any atom is -0.511 e. The summed E-state index contributed by atoms with van der Waals surface area (Å²) in [5, 5.41) is 13.9. The van der Waals surface area contributed by atoms with Crippen LogP contribution in [0.3, 0.4) is 0 Å². The first kappa shape index (κ1) is 24.7. The Hall–Kier alpha value is -2.60. The van der Waals surface area contributed by atoms with Crippen molar-refractivity contribution in [2.24, 2.45) is 28.1 Å². The van der Waals surface area contributed by atoms with Gasteiger partial charge in [0.15, 0.2) is 5.84 Å². The molecule has 3 aliphatic carbocycles. The van der Waals surface area contributed by atoms with E-state index >= 15 is 0 Å². The Labute approximate surface area is 217 Å². The molecule has 200 valence electrons. The van der Waals surface area contributed by atoms with Gasteiger partial charge in [-0.05, 0) is 74.5 Å². The summed E-state index contributed by atoms with van der Waals surface area (Å²) in [6.45, 7) is 4.73. The molecule has 1 amide bonds. The van der Waals surface area contributed by atoms with Gasteiger partial charge in [-0.2, -0.15) is 8.42 Å². The molecular weight excluding hydrogens is 516 g/mol.